The highest BCUT2D eigenvalue weighted by Gasteiger charge is 2.30. The van der Waals surface area contributed by atoms with Gasteiger partial charge >= 0.3 is 0 Å². The Morgan fingerprint density at radius 2 is 1.87 bits per heavy atom. The first kappa shape index (κ1) is 24.5. The molecular formula is C21H35IN6O2S. The van der Waals surface area contributed by atoms with Crippen molar-refractivity contribution in [3.63, 3.8) is 0 Å². The highest BCUT2D eigenvalue weighted by Crippen LogP contribution is 2.24. The molecule has 0 unspecified atom stereocenters. The molecule has 0 aliphatic carbocycles. The number of carbonyl (C=O) groups excluding carboxylic acids is 1. The molecule has 1 amide bonds. The number of likely N-dealkylation sites (tertiary alicyclic amines) is 1. The van der Waals surface area contributed by atoms with Crippen LogP contribution >= 0.6 is 35.3 Å². The molecule has 0 aromatic carbocycles. The van der Waals surface area contributed by atoms with E-state index in [2.05, 4.69) is 25.5 Å². The number of ether oxygens (including phenoxy) is 1. The van der Waals surface area contributed by atoms with Crippen LogP contribution in [0.3, 0.4) is 0 Å². The summed E-state index contributed by atoms with van der Waals surface area (Å²) >= 11 is 1.76. The summed E-state index contributed by atoms with van der Waals surface area (Å²) in [4.78, 5) is 28.6. The molecule has 0 radical (unpaired) electrons. The summed E-state index contributed by atoms with van der Waals surface area (Å²) in [6.07, 6.45) is 5.24. The fourth-order valence-corrected chi connectivity index (χ4v) is 5.39. The fourth-order valence-electron chi connectivity index (χ4n) is 4.48. The van der Waals surface area contributed by atoms with Gasteiger partial charge in [0, 0.05) is 70.6 Å². The van der Waals surface area contributed by atoms with Crippen molar-refractivity contribution < 1.29 is 9.53 Å². The molecular weight excluding hydrogens is 527 g/mol. The Bertz CT molecular complexity index is 725. The van der Waals surface area contributed by atoms with Crippen LogP contribution < -0.4 is 10.2 Å². The van der Waals surface area contributed by atoms with Crippen LogP contribution in [0.1, 0.15) is 31.4 Å². The van der Waals surface area contributed by atoms with Crippen molar-refractivity contribution in [2.45, 2.75) is 32.1 Å². The van der Waals surface area contributed by atoms with Gasteiger partial charge in [-0.25, -0.2) is 4.98 Å². The molecule has 1 aromatic rings. The predicted molar refractivity (Wildman–Crippen MR) is 136 cm³/mol. The topological polar surface area (TPSA) is 73.3 Å². The number of hydrogen-bond acceptors (Lipinski definition) is 6. The molecule has 8 nitrogen and oxygen atoms in total. The largest absolute Gasteiger partial charge is 0.378 e. The van der Waals surface area contributed by atoms with E-state index in [1.807, 2.05) is 11.9 Å². The average molecular weight is 563 g/mol. The molecule has 1 aromatic heterocycles. The van der Waals surface area contributed by atoms with E-state index in [0.717, 1.165) is 76.7 Å². The smallest absolute Gasteiger partial charge is 0.225 e. The fraction of sp³-hybridized carbons (Fsp3) is 0.762. The Morgan fingerprint density at radius 1 is 1.16 bits per heavy atom. The van der Waals surface area contributed by atoms with Crippen LogP contribution in [0.15, 0.2) is 10.4 Å². The molecule has 4 rings (SSSR count). The molecule has 3 saturated heterocycles. The summed E-state index contributed by atoms with van der Waals surface area (Å²) < 4.78 is 5.36. The molecule has 3 fully saturated rings. The lowest BCUT2D eigenvalue weighted by molar-refractivity contribution is -0.140. The summed E-state index contributed by atoms with van der Waals surface area (Å²) in [6, 6.07) is 0. The number of carbonyl (C=O) groups is 1. The highest BCUT2D eigenvalue weighted by molar-refractivity contribution is 14.0. The number of amides is 1. The molecule has 0 bridgehead atoms. The Kier molecular flexibility index (Phi) is 9.64. The quantitative estimate of drug-likeness (QED) is 0.337. The molecule has 0 saturated carbocycles. The second-order valence-corrected chi connectivity index (χ2v) is 9.08. The number of aromatic nitrogens is 1. The monoisotopic (exact) mass is 562 g/mol. The number of thiazole rings is 1. The van der Waals surface area contributed by atoms with Crippen LogP contribution in [-0.4, -0.2) is 92.7 Å². The third kappa shape index (κ3) is 6.44. The van der Waals surface area contributed by atoms with E-state index in [9.17, 15) is 4.79 Å². The second kappa shape index (κ2) is 12.2. The van der Waals surface area contributed by atoms with Crippen molar-refractivity contribution in [3.8, 4) is 0 Å². The first-order chi connectivity index (χ1) is 14.7. The average Bonchev–Trinajstić information content (AvgIpc) is 3.49. The zero-order chi connectivity index (χ0) is 20.8. The lowest BCUT2D eigenvalue weighted by Crippen LogP contribution is -2.50. The van der Waals surface area contributed by atoms with Gasteiger partial charge in [0.15, 0.2) is 11.1 Å². The van der Waals surface area contributed by atoms with Gasteiger partial charge in [-0.15, -0.1) is 35.3 Å². The van der Waals surface area contributed by atoms with Gasteiger partial charge in [-0.05, 0) is 25.7 Å². The van der Waals surface area contributed by atoms with Gasteiger partial charge in [-0.3, -0.25) is 9.79 Å². The minimum Gasteiger partial charge on any atom is -0.378 e. The molecule has 4 heterocycles. The minimum atomic E-state index is 0. The van der Waals surface area contributed by atoms with Gasteiger partial charge in [-0.2, -0.15) is 0 Å². The molecule has 174 valence electrons. The number of rotatable bonds is 5. The van der Waals surface area contributed by atoms with E-state index in [0.29, 0.717) is 19.1 Å². The van der Waals surface area contributed by atoms with E-state index in [1.165, 1.54) is 18.0 Å². The number of aliphatic imine (C=N–C) groups is 1. The lowest BCUT2D eigenvalue weighted by atomic mass is 9.95. The van der Waals surface area contributed by atoms with Crippen LogP contribution in [-0.2, 0) is 16.0 Å². The predicted octanol–water partition coefficient (Wildman–Crippen LogP) is 2.05. The lowest BCUT2D eigenvalue weighted by Gasteiger charge is -2.36. The number of hydrogen-bond donors (Lipinski definition) is 1. The maximum Gasteiger partial charge on any atom is 0.225 e. The maximum atomic E-state index is 12.7. The summed E-state index contributed by atoms with van der Waals surface area (Å²) in [7, 11) is 1.83. The third-order valence-electron chi connectivity index (χ3n) is 6.26. The standard InChI is InChI=1S/C21H34N6O2S.HI/c1-22-20(23-7-4-18-16-30-21(24-18)27-8-2-3-9-27)26-10-5-17(6-11-26)19(28)25-12-14-29-15-13-25;/h16-17H,2-15H2,1H3,(H,22,23);1H. The van der Waals surface area contributed by atoms with Gasteiger partial charge < -0.3 is 24.8 Å². The number of anilines is 1. The first-order valence-corrected chi connectivity index (χ1v) is 12.1. The number of halogens is 1. The van der Waals surface area contributed by atoms with Crippen LogP contribution in [0.5, 0.6) is 0 Å². The van der Waals surface area contributed by atoms with E-state index < -0.39 is 0 Å². The SMILES string of the molecule is CN=C(NCCc1csc(N2CCCC2)n1)N1CCC(C(=O)N2CCOCC2)CC1.I. The van der Waals surface area contributed by atoms with Gasteiger partial charge in [-0.1, -0.05) is 0 Å². The van der Waals surface area contributed by atoms with Crippen molar-refractivity contribution in [1.29, 1.82) is 0 Å². The summed E-state index contributed by atoms with van der Waals surface area (Å²) in [6.45, 7) is 7.65. The van der Waals surface area contributed by atoms with Gasteiger partial charge in [0.2, 0.25) is 5.91 Å². The highest BCUT2D eigenvalue weighted by atomic mass is 127. The summed E-state index contributed by atoms with van der Waals surface area (Å²) in [5.41, 5.74) is 1.15. The van der Waals surface area contributed by atoms with Crippen molar-refractivity contribution in [1.82, 2.24) is 20.1 Å². The molecule has 0 atom stereocenters. The van der Waals surface area contributed by atoms with E-state index in [-0.39, 0.29) is 29.9 Å². The van der Waals surface area contributed by atoms with Crippen LogP contribution in [0.2, 0.25) is 0 Å². The molecule has 3 aliphatic heterocycles. The number of guanidine groups is 1. The molecule has 0 spiro atoms. The van der Waals surface area contributed by atoms with Crippen LogP contribution in [0.25, 0.3) is 0 Å². The first-order valence-electron chi connectivity index (χ1n) is 11.3. The van der Waals surface area contributed by atoms with Crippen LogP contribution in [0, 0.1) is 5.92 Å². The van der Waals surface area contributed by atoms with Crippen molar-refractivity contribution in [2.24, 2.45) is 10.9 Å². The normalized spacial score (nSPS) is 20.7. The maximum absolute atomic E-state index is 12.7. The van der Waals surface area contributed by atoms with Gasteiger partial charge in [0.25, 0.3) is 0 Å². The van der Waals surface area contributed by atoms with Crippen molar-refractivity contribution in [2.75, 3.05) is 71.0 Å². The Morgan fingerprint density at radius 3 is 2.55 bits per heavy atom. The van der Waals surface area contributed by atoms with E-state index >= 15 is 0 Å². The van der Waals surface area contributed by atoms with Crippen molar-refractivity contribution >= 4 is 52.3 Å². The zero-order valence-electron chi connectivity index (χ0n) is 18.4. The molecule has 1 N–H and O–H groups in total. The second-order valence-electron chi connectivity index (χ2n) is 8.24. The van der Waals surface area contributed by atoms with Gasteiger partial charge in [0.05, 0.1) is 18.9 Å². The van der Waals surface area contributed by atoms with Crippen LogP contribution in [0.4, 0.5) is 5.13 Å². The number of piperidine rings is 1. The van der Waals surface area contributed by atoms with Crippen molar-refractivity contribution in [3.05, 3.63) is 11.1 Å². The molecule has 3 aliphatic rings. The van der Waals surface area contributed by atoms with Gasteiger partial charge in [0.1, 0.15) is 0 Å². The Hall–Kier alpha value is -1.14. The molecule has 10 heteroatoms. The number of nitrogens with zero attached hydrogens (tertiary/aromatic N) is 5. The van der Waals surface area contributed by atoms with E-state index in [1.54, 1.807) is 11.3 Å². The third-order valence-corrected chi connectivity index (χ3v) is 7.21. The van der Waals surface area contributed by atoms with E-state index in [4.69, 9.17) is 9.72 Å². The number of nitrogens with one attached hydrogen (secondary N) is 1. The zero-order valence-corrected chi connectivity index (χ0v) is 21.6. The Labute approximate surface area is 206 Å². The number of morpholine rings is 1. The Balaban J connectivity index is 0.00000272. The minimum absolute atomic E-state index is 0. The summed E-state index contributed by atoms with van der Waals surface area (Å²) in [5.74, 6) is 1.37. The molecule has 31 heavy (non-hydrogen) atoms. The summed E-state index contributed by atoms with van der Waals surface area (Å²) in [5, 5.41) is 6.84.